The predicted octanol–water partition coefficient (Wildman–Crippen LogP) is 2.75. The van der Waals surface area contributed by atoms with E-state index in [1.807, 2.05) is 0 Å². The predicted molar refractivity (Wildman–Crippen MR) is 43.4 cm³/mol. The molecule has 1 spiro atoms. The molecule has 0 radical (unpaired) electrons. The molecule has 2 aliphatic carbocycles. The van der Waals surface area contributed by atoms with Crippen molar-refractivity contribution in [1.82, 2.24) is 0 Å². The quantitative estimate of drug-likeness (QED) is 0.450. The zero-order chi connectivity index (χ0) is 7.52. The first kappa shape index (κ1) is 6.57. The van der Waals surface area contributed by atoms with Crippen molar-refractivity contribution in [2.45, 2.75) is 27.2 Å². The second-order valence-corrected chi connectivity index (χ2v) is 4.48. The largest absolute Gasteiger partial charge is 0.105 e. The molecular weight excluding hydrogens is 120 g/mol. The minimum absolute atomic E-state index is 0.708. The van der Waals surface area contributed by atoms with Crippen LogP contribution in [0.15, 0.2) is 0 Å². The maximum atomic E-state index is 4.19. The summed E-state index contributed by atoms with van der Waals surface area (Å²) < 4.78 is 0. The maximum absolute atomic E-state index is 4.19. The number of rotatable bonds is 0. The van der Waals surface area contributed by atoms with Gasteiger partial charge < -0.3 is 0 Å². The molecule has 10 heavy (non-hydrogen) atoms. The second kappa shape index (κ2) is 1.54. The van der Waals surface area contributed by atoms with E-state index in [1.54, 1.807) is 0 Å². The van der Waals surface area contributed by atoms with Crippen molar-refractivity contribution in [2.75, 3.05) is 0 Å². The SMILES string of the molecule is [CH2+]C1C(C)C12CC(C)C2C. The second-order valence-electron chi connectivity index (χ2n) is 4.48. The minimum atomic E-state index is 0.708. The normalized spacial score (nSPS) is 65.9. The molecule has 0 heterocycles. The third kappa shape index (κ3) is 0.446. The average molecular weight is 137 g/mol. The molecule has 0 N–H and O–H groups in total. The first-order valence-electron chi connectivity index (χ1n) is 4.43. The van der Waals surface area contributed by atoms with E-state index < -0.39 is 0 Å². The molecule has 0 heteroatoms. The Morgan fingerprint density at radius 1 is 1.20 bits per heavy atom. The van der Waals surface area contributed by atoms with Crippen molar-refractivity contribution in [3.8, 4) is 0 Å². The van der Waals surface area contributed by atoms with Crippen LogP contribution < -0.4 is 0 Å². The van der Waals surface area contributed by atoms with Crippen LogP contribution in [0.25, 0.3) is 0 Å². The average Bonchev–Trinajstić information content (AvgIpc) is 2.43. The molecule has 56 valence electrons. The standard InChI is InChI=1S/C10H17/c1-6-5-10(7(6)2)8(3)9(10)4/h6-9H,3,5H2,1-2,4H3/q+1. The van der Waals surface area contributed by atoms with Gasteiger partial charge in [-0.3, -0.25) is 0 Å². The first-order valence-corrected chi connectivity index (χ1v) is 4.43. The van der Waals surface area contributed by atoms with Gasteiger partial charge in [-0.1, -0.05) is 20.8 Å². The van der Waals surface area contributed by atoms with Gasteiger partial charge in [0.1, 0.15) is 5.92 Å². The van der Waals surface area contributed by atoms with E-state index in [4.69, 9.17) is 0 Å². The minimum Gasteiger partial charge on any atom is -0.0622 e. The van der Waals surface area contributed by atoms with Crippen LogP contribution >= 0.6 is 0 Å². The lowest BCUT2D eigenvalue weighted by molar-refractivity contribution is 0.0568. The van der Waals surface area contributed by atoms with E-state index in [0.29, 0.717) is 5.41 Å². The van der Waals surface area contributed by atoms with Gasteiger partial charge in [0.2, 0.25) is 0 Å². The highest BCUT2D eigenvalue weighted by Gasteiger charge is 2.73. The van der Waals surface area contributed by atoms with Crippen molar-refractivity contribution < 1.29 is 0 Å². The highest BCUT2D eigenvalue weighted by molar-refractivity contribution is 5.18. The fraction of sp³-hybridized carbons (Fsp3) is 0.900. The van der Waals surface area contributed by atoms with E-state index in [1.165, 1.54) is 6.42 Å². The lowest BCUT2D eigenvalue weighted by atomic mass is 9.62. The van der Waals surface area contributed by atoms with Crippen LogP contribution in [0.2, 0.25) is 0 Å². The molecule has 0 bridgehead atoms. The van der Waals surface area contributed by atoms with Crippen molar-refractivity contribution in [3.63, 3.8) is 0 Å². The zero-order valence-corrected chi connectivity index (χ0v) is 7.22. The molecule has 0 aromatic rings. The molecule has 5 unspecified atom stereocenters. The van der Waals surface area contributed by atoms with E-state index in [0.717, 1.165) is 23.7 Å². The van der Waals surface area contributed by atoms with E-state index in [-0.39, 0.29) is 0 Å². The van der Waals surface area contributed by atoms with Gasteiger partial charge in [0.25, 0.3) is 0 Å². The van der Waals surface area contributed by atoms with Gasteiger partial charge in [-0.05, 0) is 18.3 Å². The van der Waals surface area contributed by atoms with Crippen LogP contribution in [-0.2, 0) is 0 Å². The third-order valence-corrected chi connectivity index (χ3v) is 4.41. The van der Waals surface area contributed by atoms with Gasteiger partial charge in [-0.2, -0.15) is 0 Å². The maximum Gasteiger partial charge on any atom is 0.105 e. The molecule has 2 fully saturated rings. The Hall–Kier alpha value is -0.130. The van der Waals surface area contributed by atoms with Gasteiger partial charge in [0, 0.05) is 11.3 Å². The molecular formula is C10H17+. The lowest BCUT2D eigenvalue weighted by Gasteiger charge is -2.41. The van der Waals surface area contributed by atoms with E-state index in [2.05, 4.69) is 27.7 Å². The molecule has 0 nitrogen and oxygen atoms in total. The van der Waals surface area contributed by atoms with Crippen LogP contribution in [0.1, 0.15) is 27.2 Å². The van der Waals surface area contributed by atoms with E-state index >= 15 is 0 Å². The Kier molecular flexibility index (Phi) is 1.01. The molecule has 0 aliphatic heterocycles. The Labute approximate surface area is 64.0 Å². The van der Waals surface area contributed by atoms with Crippen LogP contribution in [-0.4, -0.2) is 0 Å². The summed E-state index contributed by atoms with van der Waals surface area (Å²) in [7, 11) is 0. The van der Waals surface area contributed by atoms with Crippen LogP contribution in [0.5, 0.6) is 0 Å². The summed E-state index contributed by atoms with van der Waals surface area (Å²) in [5, 5.41) is 0. The monoisotopic (exact) mass is 137 g/mol. The van der Waals surface area contributed by atoms with Crippen molar-refractivity contribution in [2.24, 2.45) is 29.1 Å². The lowest BCUT2D eigenvalue weighted by Crippen LogP contribution is -2.36. The summed E-state index contributed by atoms with van der Waals surface area (Å²) in [5.41, 5.74) is 0.708. The molecule has 2 saturated carbocycles. The summed E-state index contributed by atoms with van der Waals surface area (Å²) in [6.45, 7) is 11.3. The summed E-state index contributed by atoms with van der Waals surface area (Å²) in [5.74, 6) is 3.61. The molecule has 0 saturated heterocycles. The zero-order valence-electron chi connectivity index (χ0n) is 7.22. The summed E-state index contributed by atoms with van der Waals surface area (Å²) in [6.07, 6.45) is 1.45. The van der Waals surface area contributed by atoms with Crippen LogP contribution in [0.3, 0.4) is 0 Å². The Morgan fingerprint density at radius 2 is 1.70 bits per heavy atom. The molecule has 5 atom stereocenters. The van der Waals surface area contributed by atoms with Gasteiger partial charge in [-0.15, -0.1) is 0 Å². The number of hydrogen-bond acceptors (Lipinski definition) is 0. The van der Waals surface area contributed by atoms with Crippen molar-refractivity contribution >= 4 is 0 Å². The first-order chi connectivity index (χ1) is 4.60. The van der Waals surface area contributed by atoms with Crippen LogP contribution in [0.4, 0.5) is 0 Å². The smallest absolute Gasteiger partial charge is 0.0622 e. The fourth-order valence-corrected chi connectivity index (χ4v) is 3.13. The molecule has 2 aliphatic rings. The van der Waals surface area contributed by atoms with Gasteiger partial charge in [-0.25, -0.2) is 0 Å². The highest BCUT2D eigenvalue weighted by Crippen LogP contribution is 2.73. The highest BCUT2D eigenvalue weighted by atomic mass is 14.7. The fourth-order valence-electron chi connectivity index (χ4n) is 3.13. The topological polar surface area (TPSA) is 0 Å². The molecule has 2 rings (SSSR count). The Balaban J connectivity index is 2.10. The van der Waals surface area contributed by atoms with Gasteiger partial charge in [0.05, 0.1) is 6.92 Å². The Morgan fingerprint density at radius 3 is 1.80 bits per heavy atom. The van der Waals surface area contributed by atoms with E-state index in [9.17, 15) is 0 Å². The summed E-state index contributed by atoms with van der Waals surface area (Å²) in [4.78, 5) is 0. The van der Waals surface area contributed by atoms with Crippen molar-refractivity contribution in [1.29, 1.82) is 0 Å². The van der Waals surface area contributed by atoms with Crippen molar-refractivity contribution in [3.05, 3.63) is 6.92 Å². The summed E-state index contributed by atoms with van der Waals surface area (Å²) >= 11 is 0. The molecule has 0 amide bonds. The molecule has 0 aromatic carbocycles. The summed E-state index contributed by atoms with van der Waals surface area (Å²) in [6, 6.07) is 0. The number of hydrogen-bond donors (Lipinski definition) is 0. The third-order valence-electron chi connectivity index (χ3n) is 4.41. The van der Waals surface area contributed by atoms with Gasteiger partial charge in [0.15, 0.2) is 0 Å². The van der Waals surface area contributed by atoms with Crippen LogP contribution in [0, 0.1) is 36.0 Å². The Bertz CT molecular complexity index is 151. The molecule has 0 aromatic heterocycles. The van der Waals surface area contributed by atoms with Gasteiger partial charge >= 0.3 is 0 Å².